The Morgan fingerprint density at radius 2 is 1.86 bits per heavy atom. The van der Waals surface area contributed by atoms with Gasteiger partial charge < -0.3 is 14.5 Å². The first-order valence-corrected chi connectivity index (χ1v) is 14.4. The minimum absolute atomic E-state index is 0.0907. The summed E-state index contributed by atoms with van der Waals surface area (Å²) in [7, 11) is -2.01. The number of piperazine rings is 1. The molecule has 3 fully saturated rings. The van der Waals surface area contributed by atoms with E-state index < -0.39 is 15.4 Å². The summed E-state index contributed by atoms with van der Waals surface area (Å²) in [6.45, 7) is 5.39. The molecule has 3 aliphatic rings. The number of ether oxygens (including phenoxy) is 1. The van der Waals surface area contributed by atoms with Crippen molar-refractivity contribution in [3.8, 4) is 0 Å². The second-order valence-electron chi connectivity index (χ2n) is 10.0. The number of nitrogens with zero attached hydrogens (tertiary/aromatic N) is 4. The molecule has 0 saturated carbocycles. The number of carbonyl (C=O) groups excluding carboxylic acids is 2. The van der Waals surface area contributed by atoms with Gasteiger partial charge in [0, 0.05) is 70.0 Å². The molecule has 0 unspecified atom stereocenters. The van der Waals surface area contributed by atoms with Gasteiger partial charge in [0.2, 0.25) is 15.9 Å². The van der Waals surface area contributed by atoms with Crippen LogP contribution in [0.5, 0.6) is 0 Å². The largest absolute Gasteiger partial charge is 0.462 e. The number of rotatable bonds is 7. The smallest absolute Gasteiger partial charge is 0.312 e. The Kier molecular flexibility index (Phi) is 7.95. The average molecular weight is 527 g/mol. The highest BCUT2D eigenvalue weighted by Gasteiger charge is 2.50. The third-order valence-electron chi connectivity index (χ3n) is 7.64. The Morgan fingerprint density at radius 1 is 1.17 bits per heavy atom. The maximum Gasteiger partial charge on any atom is 0.312 e. The SMILES string of the molecule is CN(CC(=O)N1CCC2(CC1)C[C@H](CCN1CCN(c3cccc(Cl)c3)CC1)OC2=O)S(C)(=O)=O. The molecule has 0 radical (unpaired) electrons. The van der Waals surface area contributed by atoms with Crippen LogP contribution in [0.1, 0.15) is 25.7 Å². The Balaban J connectivity index is 1.21. The van der Waals surface area contributed by atoms with Gasteiger partial charge in [0.25, 0.3) is 0 Å². The van der Waals surface area contributed by atoms with Gasteiger partial charge in [-0.25, -0.2) is 8.42 Å². The second kappa shape index (κ2) is 10.6. The number of carbonyl (C=O) groups is 2. The number of benzene rings is 1. The van der Waals surface area contributed by atoms with Crippen LogP contribution < -0.4 is 4.90 Å². The molecule has 11 heteroatoms. The van der Waals surface area contributed by atoms with Crippen LogP contribution in [-0.4, -0.2) is 106 Å². The van der Waals surface area contributed by atoms with Crippen LogP contribution in [0.4, 0.5) is 5.69 Å². The summed E-state index contributed by atoms with van der Waals surface area (Å²) in [5, 5.41) is 0.748. The molecular weight excluding hydrogens is 492 g/mol. The summed E-state index contributed by atoms with van der Waals surface area (Å²) >= 11 is 6.13. The molecule has 3 heterocycles. The predicted octanol–water partition coefficient (Wildman–Crippen LogP) is 1.67. The topological polar surface area (TPSA) is 90.5 Å². The Bertz CT molecular complexity index is 1040. The molecule has 194 valence electrons. The molecule has 9 nitrogen and oxygen atoms in total. The summed E-state index contributed by atoms with van der Waals surface area (Å²) in [5.74, 6) is -0.374. The van der Waals surface area contributed by atoms with Gasteiger partial charge in [-0.05, 0) is 37.5 Å². The van der Waals surface area contributed by atoms with Crippen LogP contribution >= 0.6 is 11.6 Å². The number of likely N-dealkylation sites (tertiary alicyclic amines) is 1. The number of esters is 1. The van der Waals surface area contributed by atoms with Crippen molar-refractivity contribution >= 4 is 39.2 Å². The first-order valence-electron chi connectivity index (χ1n) is 12.2. The summed E-state index contributed by atoms with van der Waals surface area (Å²) in [6.07, 6.45) is 3.63. The van der Waals surface area contributed by atoms with Crippen LogP contribution in [-0.2, 0) is 24.3 Å². The van der Waals surface area contributed by atoms with E-state index in [0.717, 1.165) is 60.4 Å². The van der Waals surface area contributed by atoms with Crippen molar-refractivity contribution in [2.75, 3.05) is 70.6 Å². The van der Waals surface area contributed by atoms with Gasteiger partial charge in [-0.1, -0.05) is 17.7 Å². The molecule has 0 bridgehead atoms. The van der Waals surface area contributed by atoms with Gasteiger partial charge in [-0.3, -0.25) is 14.5 Å². The molecule has 1 aromatic carbocycles. The monoisotopic (exact) mass is 526 g/mol. The molecule has 3 saturated heterocycles. The molecule has 1 spiro atoms. The van der Waals surface area contributed by atoms with Crippen molar-refractivity contribution < 1.29 is 22.7 Å². The minimum Gasteiger partial charge on any atom is -0.462 e. The fourth-order valence-electron chi connectivity index (χ4n) is 5.23. The van der Waals surface area contributed by atoms with Gasteiger partial charge in [-0.2, -0.15) is 4.31 Å². The Morgan fingerprint density at radius 3 is 2.49 bits per heavy atom. The number of sulfonamides is 1. The van der Waals surface area contributed by atoms with E-state index in [-0.39, 0.29) is 24.5 Å². The quantitative estimate of drug-likeness (QED) is 0.499. The molecule has 1 aromatic rings. The highest BCUT2D eigenvalue weighted by Crippen LogP contribution is 2.44. The van der Waals surface area contributed by atoms with Gasteiger partial charge >= 0.3 is 5.97 Å². The van der Waals surface area contributed by atoms with E-state index in [1.54, 1.807) is 4.90 Å². The highest BCUT2D eigenvalue weighted by atomic mass is 35.5. The van der Waals surface area contributed by atoms with Crippen LogP contribution in [0, 0.1) is 5.41 Å². The van der Waals surface area contributed by atoms with E-state index >= 15 is 0 Å². The molecule has 0 aliphatic carbocycles. The zero-order chi connectivity index (χ0) is 25.2. The zero-order valence-electron chi connectivity index (χ0n) is 20.5. The summed E-state index contributed by atoms with van der Waals surface area (Å²) < 4.78 is 30.0. The maximum atomic E-state index is 12.8. The maximum absolute atomic E-state index is 12.8. The number of piperidine rings is 1. The van der Waals surface area contributed by atoms with Crippen LogP contribution in [0.3, 0.4) is 0 Å². The Labute approximate surface area is 213 Å². The zero-order valence-corrected chi connectivity index (χ0v) is 22.1. The minimum atomic E-state index is -3.41. The number of likely N-dealkylation sites (N-methyl/N-ethyl adjacent to an activating group) is 1. The van der Waals surface area contributed by atoms with E-state index in [9.17, 15) is 18.0 Å². The predicted molar refractivity (Wildman–Crippen MR) is 135 cm³/mol. The lowest BCUT2D eigenvalue weighted by molar-refractivity contribution is -0.152. The van der Waals surface area contributed by atoms with E-state index in [1.165, 1.54) is 7.05 Å². The molecule has 3 aliphatic heterocycles. The van der Waals surface area contributed by atoms with Crippen LogP contribution in [0.25, 0.3) is 0 Å². The number of anilines is 1. The summed E-state index contributed by atoms with van der Waals surface area (Å²) in [4.78, 5) is 31.7. The standard InChI is InChI=1S/C24H35ClN4O5S/c1-26(35(2,32)33)18-22(30)29-10-7-24(8-11-29)17-21(34-23(24)31)6-9-27-12-14-28(15-13-27)20-5-3-4-19(25)16-20/h3-5,16,21H,6-15,17-18H2,1-2H3/t21-/m0/s1. The lowest BCUT2D eigenvalue weighted by atomic mass is 9.75. The number of halogens is 1. The van der Waals surface area contributed by atoms with E-state index in [0.29, 0.717) is 32.4 Å². The van der Waals surface area contributed by atoms with Crippen molar-refractivity contribution in [1.82, 2.24) is 14.1 Å². The van der Waals surface area contributed by atoms with E-state index in [1.807, 2.05) is 18.2 Å². The lowest BCUT2D eigenvalue weighted by Crippen LogP contribution is -2.48. The molecule has 35 heavy (non-hydrogen) atoms. The van der Waals surface area contributed by atoms with Crippen molar-refractivity contribution in [3.63, 3.8) is 0 Å². The molecule has 4 rings (SSSR count). The van der Waals surface area contributed by atoms with Gasteiger partial charge in [0.15, 0.2) is 0 Å². The third-order valence-corrected chi connectivity index (χ3v) is 9.13. The molecular formula is C24H35ClN4O5S. The van der Waals surface area contributed by atoms with Crippen LogP contribution in [0.2, 0.25) is 5.02 Å². The third kappa shape index (κ3) is 6.28. The van der Waals surface area contributed by atoms with Crippen molar-refractivity contribution in [2.45, 2.75) is 31.8 Å². The van der Waals surface area contributed by atoms with Crippen molar-refractivity contribution in [3.05, 3.63) is 29.3 Å². The fourth-order valence-corrected chi connectivity index (χ4v) is 5.76. The number of amides is 1. The summed E-state index contributed by atoms with van der Waals surface area (Å²) in [6, 6.07) is 7.94. The first-order chi connectivity index (χ1) is 16.6. The highest BCUT2D eigenvalue weighted by molar-refractivity contribution is 7.88. The molecule has 0 aromatic heterocycles. The molecule has 1 amide bonds. The lowest BCUT2D eigenvalue weighted by Gasteiger charge is -2.37. The number of cyclic esters (lactones) is 1. The fraction of sp³-hybridized carbons (Fsp3) is 0.667. The number of hydrogen-bond acceptors (Lipinski definition) is 7. The van der Waals surface area contributed by atoms with E-state index in [4.69, 9.17) is 16.3 Å². The van der Waals surface area contributed by atoms with Crippen molar-refractivity contribution in [2.24, 2.45) is 5.41 Å². The first kappa shape index (κ1) is 26.2. The molecule has 0 N–H and O–H groups in total. The van der Waals surface area contributed by atoms with E-state index in [2.05, 4.69) is 15.9 Å². The Hall–Kier alpha value is -1.88. The normalized spacial score (nSPS) is 23.2. The van der Waals surface area contributed by atoms with Gasteiger partial charge in [0.05, 0.1) is 18.2 Å². The van der Waals surface area contributed by atoms with Crippen LogP contribution in [0.15, 0.2) is 24.3 Å². The van der Waals surface area contributed by atoms with Gasteiger partial charge in [-0.15, -0.1) is 0 Å². The summed E-state index contributed by atoms with van der Waals surface area (Å²) in [5.41, 5.74) is 0.631. The number of hydrogen-bond donors (Lipinski definition) is 0. The van der Waals surface area contributed by atoms with Gasteiger partial charge in [0.1, 0.15) is 6.10 Å². The average Bonchev–Trinajstić information content (AvgIpc) is 3.12. The second-order valence-corrected chi connectivity index (χ2v) is 12.5. The molecule has 1 atom stereocenters. The van der Waals surface area contributed by atoms with Crippen molar-refractivity contribution in [1.29, 1.82) is 0 Å².